The fraction of sp³-hybridized carbons (Fsp3) is 0. The van der Waals surface area contributed by atoms with Crippen LogP contribution < -0.4 is 5.63 Å². The first-order chi connectivity index (χ1) is 12.1. The highest BCUT2D eigenvalue weighted by Gasteiger charge is 2.16. The highest BCUT2D eigenvalue weighted by molar-refractivity contribution is 6.14. The van der Waals surface area contributed by atoms with E-state index in [0.717, 1.165) is 0 Å². The van der Waals surface area contributed by atoms with Gasteiger partial charge in [-0.2, -0.15) is 0 Å². The summed E-state index contributed by atoms with van der Waals surface area (Å²) in [5, 5.41) is 20.9. The average Bonchev–Trinajstić information content (AvgIpc) is 2.61. The van der Waals surface area contributed by atoms with Crippen LogP contribution in [0.2, 0.25) is 0 Å². The molecule has 0 fully saturated rings. The summed E-state index contributed by atoms with van der Waals surface area (Å²) in [6.45, 7) is 0. The zero-order valence-corrected chi connectivity index (χ0v) is 12.9. The molecule has 4 rings (SSSR count). The molecule has 0 aliphatic carbocycles. The molecule has 0 saturated carbocycles. The number of ketones is 1. The lowest BCUT2D eigenvalue weighted by atomic mass is 9.99. The molecule has 0 spiro atoms. The van der Waals surface area contributed by atoms with Gasteiger partial charge in [-0.1, -0.05) is 24.3 Å². The standard InChI is InChI=1S/C20H12O5/c21-15-6-2-1-4-13(15)19(23)11-8-9-17-14(10-11)12-5-3-7-16(22)18(12)20(24)25-17/h1-10,21-22H. The van der Waals surface area contributed by atoms with Crippen LogP contribution >= 0.6 is 0 Å². The molecule has 5 heteroatoms. The van der Waals surface area contributed by atoms with Gasteiger partial charge >= 0.3 is 5.63 Å². The van der Waals surface area contributed by atoms with Gasteiger partial charge in [0.15, 0.2) is 5.78 Å². The maximum absolute atomic E-state index is 12.7. The summed E-state index contributed by atoms with van der Waals surface area (Å²) in [5.41, 5.74) is 0.205. The third kappa shape index (κ3) is 2.33. The van der Waals surface area contributed by atoms with Gasteiger partial charge in [-0.3, -0.25) is 4.79 Å². The Labute approximate surface area is 141 Å². The van der Waals surface area contributed by atoms with E-state index in [4.69, 9.17) is 4.42 Å². The molecular weight excluding hydrogens is 320 g/mol. The predicted octanol–water partition coefficient (Wildman–Crippen LogP) is 3.59. The number of aromatic hydroxyl groups is 2. The number of phenolic OH excluding ortho intramolecular Hbond substituents is 2. The number of para-hydroxylation sites is 1. The lowest BCUT2D eigenvalue weighted by Crippen LogP contribution is -2.03. The fourth-order valence-corrected chi connectivity index (χ4v) is 2.92. The molecule has 5 nitrogen and oxygen atoms in total. The molecule has 0 saturated heterocycles. The molecule has 3 aromatic carbocycles. The van der Waals surface area contributed by atoms with E-state index in [-0.39, 0.29) is 28.2 Å². The lowest BCUT2D eigenvalue weighted by Gasteiger charge is -2.07. The molecule has 1 aromatic heterocycles. The second-order valence-electron chi connectivity index (χ2n) is 5.65. The molecule has 1 heterocycles. The van der Waals surface area contributed by atoms with Crippen LogP contribution in [-0.4, -0.2) is 16.0 Å². The average molecular weight is 332 g/mol. The Balaban J connectivity index is 2.00. The van der Waals surface area contributed by atoms with Crippen molar-refractivity contribution in [3.8, 4) is 11.5 Å². The van der Waals surface area contributed by atoms with Crippen molar-refractivity contribution >= 4 is 27.5 Å². The first-order valence-electron chi connectivity index (χ1n) is 7.57. The van der Waals surface area contributed by atoms with E-state index in [1.54, 1.807) is 30.3 Å². The third-order valence-corrected chi connectivity index (χ3v) is 4.13. The molecule has 0 aliphatic rings. The number of carbonyl (C=O) groups is 1. The molecule has 122 valence electrons. The summed E-state index contributed by atoms with van der Waals surface area (Å²) in [6, 6.07) is 15.7. The molecule has 25 heavy (non-hydrogen) atoms. The molecule has 4 aromatic rings. The van der Waals surface area contributed by atoms with Crippen molar-refractivity contribution < 1.29 is 19.4 Å². The molecular formula is C20H12O5. The quantitative estimate of drug-likeness (QED) is 0.333. The lowest BCUT2D eigenvalue weighted by molar-refractivity contribution is 0.103. The Morgan fingerprint density at radius 2 is 1.60 bits per heavy atom. The number of phenols is 2. The number of carbonyl (C=O) groups excluding carboxylic acids is 1. The van der Waals surface area contributed by atoms with Crippen molar-refractivity contribution in [2.75, 3.05) is 0 Å². The van der Waals surface area contributed by atoms with Gasteiger partial charge in [-0.25, -0.2) is 4.79 Å². The minimum atomic E-state index is -0.639. The van der Waals surface area contributed by atoms with Crippen molar-refractivity contribution in [3.63, 3.8) is 0 Å². The van der Waals surface area contributed by atoms with Crippen LogP contribution in [0.15, 0.2) is 69.9 Å². The van der Waals surface area contributed by atoms with Gasteiger partial charge in [0.2, 0.25) is 0 Å². The van der Waals surface area contributed by atoms with Gasteiger partial charge in [0.05, 0.1) is 5.56 Å². The number of rotatable bonds is 2. The Bertz CT molecular complexity index is 1200. The first kappa shape index (κ1) is 15.0. The van der Waals surface area contributed by atoms with Crippen molar-refractivity contribution in [2.45, 2.75) is 0 Å². The van der Waals surface area contributed by atoms with E-state index >= 15 is 0 Å². The van der Waals surface area contributed by atoms with Gasteiger partial charge in [0, 0.05) is 16.3 Å². The minimum absolute atomic E-state index is 0.0714. The van der Waals surface area contributed by atoms with Gasteiger partial charge in [-0.15, -0.1) is 0 Å². The van der Waals surface area contributed by atoms with Crippen LogP contribution in [0.5, 0.6) is 11.5 Å². The maximum Gasteiger partial charge on any atom is 0.347 e. The van der Waals surface area contributed by atoms with Gasteiger partial charge < -0.3 is 14.6 Å². The zero-order chi connectivity index (χ0) is 17.6. The Hall–Kier alpha value is -3.60. The van der Waals surface area contributed by atoms with E-state index in [1.807, 2.05) is 0 Å². The molecule has 0 atom stereocenters. The summed E-state index contributed by atoms with van der Waals surface area (Å²) in [7, 11) is 0. The SMILES string of the molecule is O=C(c1ccc2oc(=O)c3c(O)cccc3c2c1)c1ccccc1O. The summed E-state index contributed by atoms with van der Waals surface area (Å²) in [4.78, 5) is 24.8. The molecule has 0 radical (unpaired) electrons. The monoisotopic (exact) mass is 332 g/mol. The molecule has 0 unspecified atom stereocenters. The Kier molecular flexibility index (Phi) is 3.28. The highest BCUT2D eigenvalue weighted by Crippen LogP contribution is 2.29. The van der Waals surface area contributed by atoms with E-state index in [2.05, 4.69) is 0 Å². The maximum atomic E-state index is 12.7. The molecule has 2 N–H and O–H groups in total. The summed E-state index contributed by atoms with van der Waals surface area (Å²) in [6.07, 6.45) is 0. The van der Waals surface area contributed by atoms with E-state index in [9.17, 15) is 19.8 Å². The predicted molar refractivity (Wildman–Crippen MR) is 93.2 cm³/mol. The normalized spacial score (nSPS) is 11.0. The minimum Gasteiger partial charge on any atom is -0.507 e. The van der Waals surface area contributed by atoms with Gasteiger partial charge in [-0.05, 0) is 36.4 Å². The smallest absolute Gasteiger partial charge is 0.347 e. The van der Waals surface area contributed by atoms with Crippen LogP contribution in [0.1, 0.15) is 15.9 Å². The van der Waals surface area contributed by atoms with Crippen molar-refractivity contribution in [1.82, 2.24) is 0 Å². The molecule has 0 aliphatic heterocycles. The first-order valence-corrected chi connectivity index (χ1v) is 7.57. The van der Waals surface area contributed by atoms with E-state index in [0.29, 0.717) is 21.9 Å². The van der Waals surface area contributed by atoms with Crippen LogP contribution in [0.25, 0.3) is 21.7 Å². The molecule has 0 amide bonds. The summed E-state index contributed by atoms with van der Waals surface area (Å²) < 4.78 is 5.24. The van der Waals surface area contributed by atoms with Crippen molar-refractivity contribution in [3.05, 3.63) is 82.2 Å². The Morgan fingerprint density at radius 3 is 2.40 bits per heavy atom. The summed E-state index contributed by atoms with van der Waals surface area (Å²) >= 11 is 0. The van der Waals surface area contributed by atoms with Crippen molar-refractivity contribution in [1.29, 1.82) is 0 Å². The third-order valence-electron chi connectivity index (χ3n) is 4.13. The van der Waals surface area contributed by atoms with Gasteiger partial charge in [0.25, 0.3) is 0 Å². The number of hydrogen-bond donors (Lipinski definition) is 2. The van der Waals surface area contributed by atoms with Crippen molar-refractivity contribution in [2.24, 2.45) is 0 Å². The number of benzene rings is 3. The number of fused-ring (bicyclic) bond motifs is 3. The van der Waals surface area contributed by atoms with Crippen LogP contribution in [0, 0.1) is 0 Å². The van der Waals surface area contributed by atoms with Crippen LogP contribution in [0.4, 0.5) is 0 Å². The topological polar surface area (TPSA) is 87.7 Å². The van der Waals surface area contributed by atoms with Gasteiger partial charge in [0.1, 0.15) is 22.5 Å². The fourth-order valence-electron chi connectivity index (χ4n) is 2.92. The number of hydrogen-bond acceptors (Lipinski definition) is 5. The second-order valence-corrected chi connectivity index (χ2v) is 5.65. The molecule has 0 bridgehead atoms. The van der Waals surface area contributed by atoms with Crippen LogP contribution in [-0.2, 0) is 0 Å². The van der Waals surface area contributed by atoms with E-state index < -0.39 is 5.63 Å². The second kappa shape index (κ2) is 5.49. The van der Waals surface area contributed by atoms with E-state index in [1.165, 1.54) is 30.3 Å². The largest absolute Gasteiger partial charge is 0.507 e. The summed E-state index contributed by atoms with van der Waals surface area (Å²) in [5.74, 6) is -0.625. The highest BCUT2D eigenvalue weighted by atomic mass is 16.4. The zero-order valence-electron chi connectivity index (χ0n) is 12.9. The van der Waals surface area contributed by atoms with Crippen LogP contribution in [0.3, 0.4) is 0 Å². The Morgan fingerprint density at radius 1 is 0.840 bits per heavy atom.